The molecule has 0 bridgehead atoms. The maximum Gasteiger partial charge on any atom is 0.228 e. The standard InChI is InChI=1S/C24H19NO4/c1-27-19-11-7-16(8-12-19)22-23(17-9-13-20(28-2)14-10-17)29-24(25-22)21-6-4-3-5-18(21)15-26/h3-15H,1-2H3. The number of benzene rings is 3. The van der Waals surface area contributed by atoms with Crippen LogP contribution in [0.1, 0.15) is 10.4 Å². The Balaban J connectivity index is 1.89. The number of hydrogen-bond donors (Lipinski definition) is 0. The van der Waals surface area contributed by atoms with E-state index in [-0.39, 0.29) is 0 Å². The molecular weight excluding hydrogens is 366 g/mol. The van der Waals surface area contributed by atoms with Crippen molar-refractivity contribution in [3.8, 4) is 45.5 Å². The van der Waals surface area contributed by atoms with Crippen LogP contribution in [0, 0.1) is 0 Å². The van der Waals surface area contributed by atoms with Crippen molar-refractivity contribution in [2.45, 2.75) is 0 Å². The summed E-state index contributed by atoms with van der Waals surface area (Å²) in [5, 5.41) is 0. The fourth-order valence-corrected chi connectivity index (χ4v) is 3.11. The van der Waals surface area contributed by atoms with Crippen molar-refractivity contribution in [3.05, 3.63) is 78.4 Å². The van der Waals surface area contributed by atoms with E-state index >= 15 is 0 Å². The van der Waals surface area contributed by atoms with E-state index in [0.717, 1.165) is 28.9 Å². The smallest absolute Gasteiger partial charge is 0.228 e. The highest BCUT2D eigenvalue weighted by Gasteiger charge is 2.19. The van der Waals surface area contributed by atoms with Gasteiger partial charge in [-0.05, 0) is 54.6 Å². The van der Waals surface area contributed by atoms with Crippen LogP contribution in [-0.4, -0.2) is 25.5 Å². The highest BCUT2D eigenvalue weighted by atomic mass is 16.5. The number of rotatable bonds is 6. The van der Waals surface area contributed by atoms with Crippen LogP contribution in [0.4, 0.5) is 0 Å². The first-order chi connectivity index (χ1) is 14.2. The molecule has 0 saturated heterocycles. The van der Waals surface area contributed by atoms with Crippen molar-refractivity contribution < 1.29 is 18.7 Å². The molecule has 0 amide bonds. The molecule has 0 aliphatic rings. The highest BCUT2D eigenvalue weighted by Crippen LogP contribution is 2.37. The lowest BCUT2D eigenvalue weighted by Crippen LogP contribution is -1.87. The van der Waals surface area contributed by atoms with Crippen molar-refractivity contribution in [1.29, 1.82) is 0 Å². The van der Waals surface area contributed by atoms with Crippen LogP contribution in [-0.2, 0) is 0 Å². The normalized spacial score (nSPS) is 10.6. The van der Waals surface area contributed by atoms with E-state index in [1.165, 1.54) is 0 Å². The molecule has 0 N–H and O–H groups in total. The summed E-state index contributed by atoms with van der Waals surface area (Å²) in [6.45, 7) is 0. The van der Waals surface area contributed by atoms with Crippen LogP contribution < -0.4 is 9.47 Å². The lowest BCUT2D eigenvalue weighted by Gasteiger charge is -2.04. The summed E-state index contributed by atoms with van der Waals surface area (Å²) in [6, 6.07) is 22.4. The summed E-state index contributed by atoms with van der Waals surface area (Å²) in [5.74, 6) is 2.53. The summed E-state index contributed by atoms with van der Waals surface area (Å²) in [6.07, 6.45) is 0.805. The van der Waals surface area contributed by atoms with Gasteiger partial charge in [0.2, 0.25) is 5.89 Å². The maximum absolute atomic E-state index is 11.5. The Kier molecular flexibility index (Phi) is 5.12. The van der Waals surface area contributed by atoms with E-state index < -0.39 is 0 Å². The lowest BCUT2D eigenvalue weighted by atomic mass is 10.1. The monoisotopic (exact) mass is 385 g/mol. The van der Waals surface area contributed by atoms with Crippen LogP contribution in [0.15, 0.2) is 77.2 Å². The van der Waals surface area contributed by atoms with E-state index in [1.807, 2.05) is 66.7 Å². The Labute approximate surface area is 168 Å². The van der Waals surface area contributed by atoms with Gasteiger partial charge in [-0.1, -0.05) is 18.2 Å². The Hall–Kier alpha value is -3.86. The molecule has 0 radical (unpaired) electrons. The summed E-state index contributed by atoms with van der Waals surface area (Å²) in [5.41, 5.74) is 3.61. The molecular formula is C24H19NO4. The van der Waals surface area contributed by atoms with Crippen molar-refractivity contribution in [1.82, 2.24) is 4.98 Å². The first-order valence-electron chi connectivity index (χ1n) is 9.07. The predicted octanol–water partition coefficient (Wildman–Crippen LogP) is 5.51. The minimum absolute atomic E-state index is 0.393. The molecule has 0 unspecified atom stereocenters. The molecule has 4 aromatic rings. The summed E-state index contributed by atoms with van der Waals surface area (Å²) >= 11 is 0. The zero-order valence-corrected chi connectivity index (χ0v) is 16.1. The second-order valence-corrected chi connectivity index (χ2v) is 6.36. The fraction of sp³-hybridized carbons (Fsp3) is 0.0833. The van der Waals surface area contributed by atoms with E-state index in [2.05, 4.69) is 0 Å². The van der Waals surface area contributed by atoms with Gasteiger partial charge in [0.05, 0.1) is 14.2 Å². The minimum Gasteiger partial charge on any atom is -0.497 e. The largest absolute Gasteiger partial charge is 0.497 e. The van der Waals surface area contributed by atoms with Crippen molar-refractivity contribution in [2.24, 2.45) is 0 Å². The van der Waals surface area contributed by atoms with Gasteiger partial charge in [-0.25, -0.2) is 4.98 Å². The number of aromatic nitrogens is 1. The third-order valence-electron chi connectivity index (χ3n) is 4.66. The summed E-state index contributed by atoms with van der Waals surface area (Å²) in [7, 11) is 3.25. The second-order valence-electron chi connectivity index (χ2n) is 6.36. The molecule has 5 nitrogen and oxygen atoms in total. The van der Waals surface area contributed by atoms with Gasteiger partial charge in [0.25, 0.3) is 0 Å². The quantitative estimate of drug-likeness (QED) is 0.410. The van der Waals surface area contributed by atoms with Crippen LogP contribution >= 0.6 is 0 Å². The summed E-state index contributed by atoms with van der Waals surface area (Å²) in [4.78, 5) is 16.2. The number of nitrogens with zero attached hydrogens (tertiary/aromatic N) is 1. The SMILES string of the molecule is COc1ccc(-c2nc(-c3ccccc3C=O)oc2-c2ccc(OC)cc2)cc1. The molecule has 4 rings (SSSR count). The Bertz CT molecular complexity index is 1060. The van der Waals surface area contributed by atoms with Gasteiger partial charge in [0.15, 0.2) is 12.0 Å². The average Bonchev–Trinajstić information content (AvgIpc) is 3.24. The van der Waals surface area contributed by atoms with Crippen LogP contribution in [0.25, 0.3) is 34.0 Å². The van der Waals surface area contributed by atoms with E-state index in [9.17, 15) is 4.79 Å². The van der Waals surface area contributed by atoms with Gasteiger partial charge in [-0.15, -0.1) is 0 Å². The third kappa shape index (κ3) is 3.62. The molecule has 0 spiro atoms. The Morgan fingerprint density at radius 2 is 1.38 bits per heavy atom. The topological polar surface area (TPSA) is 61.6 Å². The highest BCUT2D eigenvalue weighted by molar-refractivity contribution is 5.87. The third-order valence-corrected chi connectivity index (χ3v) is 4.66. The molecule has 144 valence electrons. The minimum atomic E-state index is 0.393. The number of carbonyl (C=O) groups is 1. The van der Waals surface area contributed by atoms with Crippen LogP contribution in [0.3, 0.4) is 0 Å². The molecule has 0 fully saturated rings. The molecule has 5 heteroatoms. The van der Waals surface area contributed by atoms with Gasteiger partial charge in [0.1, 0.15) is 17.2 Å². The van der Waals surface area contributed by atoms with Gasteiger partial charge < -0.3 is 13.9 Å². The van der Waals surface area contributed by atoms with Crippen molar-refractivity contribution in [3.63, 3.8) is 0 Å². The summed E-state index contributed by atoms with van der Waals surface area (Å²) < 4.78 is 16.7. The van der Waals surface area contributed by atoms with E-state index in [4.69, 9.17) is 18.9 Å². The lowest BCUT2D eigenvalue weighted by molar-refractivity contribution is 0.112. The molecule has 0 aliphatic carbocycles. The van der Waals surface area contributed by atoms with Crippen molar-refractivity contribution in [2.75, 3.05) is 14.2 Å². The van der Waals surface area contributed by atoms with E-state index in [1.54, 1.807) is 20.3 Å². The number of carbonyl (C=O) groups excluding carboxylic acids is 1. The maximum atomic E-state index is 11.5. The molecule has 0 atom stereocenters. The molecule has 29 heavy (non-hydrogen) atoms. The molecule has 0 aliphatic heterocycles. The van der Waals surface area contributed by atoms with Crippen LogP contribution in [0.2, 0.25) is 0 Å². The van der Waals surface area contributed by atoms with E-state index in [0.29, 0.717) is 28.5 Å². The molecule has 3 aromatic carbocycles. The zero-order chi connectivity index (χ0) is 20.2. The van der Waals surface area contributed by atoms with Gasteiger partial charge >= 0.3 is 0 Å². The second kappa shape index (κ2) is 8.02. The molecule has 1 aromatic heterocycles. The van der Waals surface area contributed by atoms with Crippen LogP contribution in [0.5, 0.6) is 11.5 Å². The van der Waals surface area contributed by atoms with Gasteiger partial charge in [-0.3, -0.25) is 4.79 Å². The number of aldehydes is 1. The number of hydrogen-bond acceptors (Lipinski definition) is 5. The number of oxazole rings is 1. The zero-order valence-electron chi connectivity index (χ0n) is 16.1. The van der Waals surface area contributed by atoms with Crippen molar-refractivity contribution >= 4 is 6.29 Å². The molecule has 0 saturated carbocycles. The number of methoxy groups -OCH3 is 2. The molecule has 1 heterocycles. The van der Waals surface area contributed by atoms with Gasteiger partial charge in [0, 0.05) is 22.3 Å². The Morgan fingerprint density at radius 3 is 1.97 bits per heavy atom. The fourth-order valence-electron chi connectivity index (χ4n) is 3.11. The predicted molar refractivity (Wildman–Crippen MR) is 111 cm³/mol. The average molecular weight is 385 g/mol. The number of ether oxygens (including phenoxy) is 2. The first kappa shape index (κ1) is 18.5. The van der Waals surface area contributed by atoms with Gasteiger partial charge in [-0.2, -0.15) is 0 Å². The first-order valence-corrected chi connectivity index (χ1v) is 9.07. The Morgan fingerprint density at radius 1 is 0.793 bits per heavy atom.